The highest BCUT2D eigenvalue weighted by atomic mass is 15.2. The lowest BCUT2D eigenvalue weighted by Crippen LogP contribution is -2.37. The molecule has 0 saturated heterocycles. The second-order valence-electron chi connectivity index (χ2n) is 9.31. The number of hydrogen-bond donors (Lipinski definition) is 1. The number of benzene rings is 4. The molecular formula is C32H28N2. The van der Waals surface area contributed by atoms with Gasteiger partial charge in [-0.3, -0.25) is 0 Å². The first-order valence-electron chi connectivity index (χ1n) is 12.0. The molecule has 1 aliphatic carbocycles. The molecule has 6 rings (SSSR count). The van der Waals surface area contributed by atoms with E-state index in [2.05, 4.69) is 121 Å². The zero-order chi connectivity index (χ0) is 23.1. The summed E-state index contributed by atoms with van der Waals surface area (Å²) in [4.78, 5) is 2.42. The molecule has 1 heterocycles. The van der Waals surface area contributed by atoms with E-state index < -0.39 is 0 Å². The van der Waals surface area contributed by atoms with E-state index in [0.29, 0.717) is 12.6 Å². The molecule has 2 aliphatic rings. The average Bonchev–Trinajstić information content (AvgIpc) is 2.93. The van der Waals surface area contributed by atoms with Gasteiger partial charge in [-0.1, -0.05) is 85.0 Å². The van der Waals surface area contributed by atoms with Crippen LogP contribution in [-0.2, 0) is 0 Å². The van der Waals surface area contributed by atoms with Gasteiger partial charge in [-0.2, -0.15) is 0 Å². The molecular weight excluding hydrogens is 412 g/mol. The normalized spacial score (nSPS) is 21.1. The number of hydrogen-bond acceptors (Lipinski definition) is 2. The molecule has 1 aliphatic heterocycles. The predicted octanol–water partition coefficient (Wildman–Crippen LogP) is 7.52. The number of rotatable bonds is 2. The van der Waals surface area contributed by atoms with Crippen molar-refractivity contribution in [2.45, 2.75) is 19.4 Å². The minimum absolute atomic E-state index is 0.292. The van der Waals surface area contributed by atoms with Crippen LogP contribution in [0.1, 0.15) is 13.3 Å². The Bertz CT molecular complexity index is 1520. The van der Waals surface area contributed by atoms with E-state index >= 15 is 0 Å². The zero-order valence-corrected chi connectivity index (χ0v) is 19.4. The van der Waals surface area contributed by atoms with Crippen molar-refractivity contribution in [3.05, 3.63) is 126 Å². The third-order valence-corrected chi connectivity index (χ3v) is 7.14. The van der Waals surface area contributed by atoms with Gasteiger partial charge in [-0.25, -0.2) is 0 Å². The maximum Gasteiger partial charge on any atom is 0.0580 e. The highest BCUT2D eigenvalue weighted by molar-refractivity contribution is 6.13. The van der Waals surface area contributed by atoms with Crippen molar-refractivity contribution in [1.29, 1.82) is 0 Å². The minimum Gasteiger partial charge on any atom is -0.401 e. The summed E-state index contributed by atoms with van der Waals surface area (Å²) in [5.74, 6) is 0. The van der Waals surface area contributed by atoms with Gasteiger partial charge in [0.05, 0.1) is 12.6 Å². The highest BCUT2D eigenvalue weighted by Gasteiger charge is 2.22. The van der Waals surface area contributed by atoms with Crippen LogP contribution in [-0.4, -0.2) is 12.6 Å². The second-order valence-corrected chi connectivity index (χ2v) is 9.31. The quantitative estimate of drug-likeness (QED) is 0.327. The molecule has 0 spiro atoms. The van der Waals surface area contributed by atoms with E-state index in [-0.39, 0.29) is 0 Å². The van der Waals surface area contributed by atoms with Crippen LogP contribution in [0.4, 0.5) is 5.69 Å². The van der Waals surface area contributed by atoms with Gasteiger partial charge in [-0.05, 0) is 81.4 Å². The molecule has 0 saturated carbocycles. The Kier molecular flexibility index (Phi) is 5.07. The molecule has 2 bridgehead atoms. The van der Waals surface area contributed by atoms with E-state index in [1.54, 1.807) is 0 Å². The zero-order valence-electron chi connectivity index (χ0n) is 19.4. The molecule has 0 aromatic heterocycles. The van der Waals surface area contributed by atoms with E-state index in [4.69, 9.17) is 5.73 Å². The van der Waals surface area contributed by atoms with Crippen LogP contribution in [0, 0.1) is 0 Å². The lowest BCUT2D eigenvalue weighted by atomic mass is 9.92. The summed E-state index contributed by atoms with van der Waals surface area (Å²) in [5.41, 5.74) is 13.7. The van der Waals surface area contributed by atoms with Gasteiger partial charge in [0.1, 0.15) is 0 Å². The average molecular weight is 441 g/mol. The largest absolute Gasteiger partial charge is 0.401 e. The number of anilines is 1. The first kappa shape index (κ1) is 20.6. The van der Waals surface area contributed by atoms with E-state index in [0.717, 1.165) is 12.1 Å². The SMILES string of the molecule is C/C1=C\C=C(\N)CN(c2ccc(-c3cc4ccccc4c4ccccc34)cc2)[C@@H]2C=CC=C1C2. The monoisotopic (exact) mass is 440 g/mol. The maximum atomic E-state index is 6.41. The van der Waals surface area contributed by atoms with E-state index in [1.807, 2.05) is 0 Å². The van der Waals surface area contributed by atoms with Crippen molar-refractivity contribution >= 4 is 27.2 Å². The fourth-order valence-corrected chi connectivity index (χ4v) is 5.28. The third-order valence-electron chi connectivity index (χ3n) is 7.14. The summed E-state index contributed by atoms with van der Waals surface area (Å²) in [5, 5.41) is 5.16. The molecule has 4 aromatic rings. The summed E-state index contributed by atoms with van der Waals surface area (Å²) < 4.78 is 0. The van der Waals surface area contributed by atoms with Gasteiger partial charge in [-0.15, -0.1) is 0 Å². The van der Waals surface area contributed by atoms with E-state index in [1.165, 1.54) is 49.5 Å². The summed E-state index contributed by atoms with van der Waals surface area (Å²) in [6.45, 7) is 2.88. The number of fused-ring (bicyclic) bond motifs is 5. The molecule has 166 valence electrons. The van der Waals surface area contributed by atoms with Gasteiger partial charge in [0.15, 0.2) is 0 Å². The standard InChI is InChI=1S/C32H28N2/c1-22-13-16-26(33)21-34(28-9-6-8-24(22)19-28)27-17-14-23(15-18-27)32-20-25-7-2-3-10-29(25)30-11-4-5-12-31(30)32/h2-18,20,28H,19,21,33H2,1H3/b22-13+,26-16+/t28-/m1/s1. The van der Waals surface area contributed by atoms with Crippen LogP contribution < -0.4 is 10.6 Å². The summed E-state index contributed by atoms with van der Waals surface area (Å²) >= 11 is 0. The fourth-order valence-electron chi connectivity index (χ4n) is 5.28. The van der Waals surface area contributed by atoms with Gasteiger partial charge in [0.2, 0.25) is 0 Å². The van der Waals surface area contributed by atoms with Crippen LogP contribution in [0.5, 0.6) is 0 Å². The van der Waals surface area contributed by atoms with Crippen LogP contribution in [0.3, 0.4) is 0 Å². The Balaban J connectivity index is 1.41. The van der Waals surface area contributed by atoms with Crippen LogP contribution in [0.15, 0.2) is 126 Å². The molecule has 0 unspecified atom stereocenters. The van der Waals surface area contributed by atoms with Gasteiger partial charge >= 0.3 is 0 Å². The van der Waals surface area contributed by atoms with Crippen LogP contribution in [0.2, 0.25) is 0 Å². The summed E-state index contributed by atoms with van der Waals surface area (Å²) in [7, 11) is 0. The van der Waals surface area contributed by atoms with E-state index in [9.17, 15) is 0 Å². The van der Waals surface area contributed by atoms with Crippen molar-refractivity contribution < 1.29 is 0 Å². The van der Waals surface area contributed by atoms with Gasteiger partial charge < -0.3 is 10.6 Å². The molecule has 0 amide bonds. The van der Waals surface area contributed by atoms with Crippen molar-refractivity contribution in [3.8, 4) is 11.1 Å². The number of nitrogens with two attached hydrogens (primary N) is 1. The highest BCUT2D eigenvalue weighted by Crippen LogP contribution is 2.36. The Hall–Kier alpha value is -4.04. The smallest absolute Gasteiger partial charge is 0.0580 e. The molecule has 2 N–H and O–H groups in total. The molecule has 0 fully saturated rings. The van der Waals surface area contributed by atoms with Crippen molar-refractivity contribution in [1.82, 2.24) is 0 Å². The first-order valence-corrected chi connectivity index (χ1v) is 12.0. The first-order chi connectivity index (χ1) is 16.7. The topological polar surface area (TPSA) is 29.3 Å². The van der Waals surface area contributed by atoms with Crippen LogP contribution >= 0.6 is 0 Å². The third kappa shape index (κ3) is 3.62. The summed E-state index contributed by atoms with van der Waals surface area (Å²) in [6.07, 6.45) is 11.9. The number of allylic oxidation sites excluding steroid dienone is 5. The lowest BCUT2D eigenvalue weighted by molar-refractivity contribution is 0.697. The molecule has 2 heteroatoms. The molecule has 1 atom stereocenters. The molecule has 2 nitrogen and oxygen atoms in total. The van der Waals surface area contributed by atoms with Crippen molar-refractivity contribution in [3.63, 3.8) is 0 Å². The Morgan fingerprint density at radius 3 is 2.35 bits per heavy atom. The Morgan fingerprint density at radius 1 is 0.794 bits per heavy atom. The Morgan fingerprint density at radius 2 is 1.53 bits per heavy atom. The molecule has 4 aromatic carbocycles. The predicted molar refractivity (Wildman–Crippen MR) is 146 cm³/mol. The summed E-state index contributed by atoms with van der Waals surface area (Å²) in [6, 6.07) is 29.0. The van der Waals surface area contributed by atoms with Gasteiger partial charge in [0.25, 0.3) is 0 Å². The molecule has 34 heavy (non-hydrogen) atoms. The maximum absolute atomic E-state index is 6.41. The van der Waals surface area contributed by atoms with Crippen molar-refractivity contribution in [2.75, 3.05) is 11.4 Å². The number of nitrogens with zero attached hydrogens (tertiary/aromatic N) is 1. The van der Waals surface area contributed by atoms with Gasteiger partial charge in [0, 0.05) is 11.4 Å². The molecule has 0 radical (unpaired) electrons. The minimum atomic E-state index is 0.292. The second kappa shape index (κ2) is 8.39. The van der Waals surface area contributed by atoms with Crippen LogP contribution in [0.25, 0.3) is 32.7 Å². The fraction of sp³-hybridized carbons (Fsp3) is 0.125. The van der Waals surface area contributed by atoms with Crippen molar-refractivity contribution in [2.24, 2.45) is 5.73 Å². The Labute approximate surface area is 201 Å². The lowest BCUT2D eigenvalue weighted by Gasteiger charge is -2.34.